The minimum absolute atomic E-state index is 0.0233. The van der Waals surface area contributed by atoms with Crippen molar-refractivity contribution in [3.05, 3.63) is 106 Å². The van der Waals surface area contributed by atoms with Crippen LogP contribution in [-0.2, 0) is 38.3 Å². The number of rotatable bonds is 12. The Bertz CT molecular complexity index is 1190. The summed E-state index contributed by atoms with van der Waals surface area (Å²) < 4.78 is 25.2. The van der Waals surface area contributed by atoms with E-state index in [-0.39, 0.29) is 32.2 Å². The van der Waals surface area contributed by atoms with Crippen LogP contribution >= 0.6 is 23.3 Å². The van der Waals surface area contributed by atoms with Gasteiger partial charge in [0.2, 0.25) is 7.37 Å². The van der Waals surface area contributed by atoms with Crippen molar-refractivity contribution in [3.8, 4) is 0 Å². The third kappa shape index (κ3) is 9.47. The quantitative estimate of drug-likeness (QED) is 0.201. The lowest BCUT2D eigenvalue weighted by Gasteiger charge is -2.27. The highest BCUT2D eigenvalue weighted by Gasteiger charge is 2.38. The molecule has 0 radical (unpaired) electrons. The highest BCUT2D eigenvalue weighted by atomic mass is 79.9. The van der Waals surface area contributed by atoms with Crippen molar-refractivity contribution < 1.29 is 28.5 Å². The number of carbonyl (C=O) groups excluding carboxylic acids is 2. The molecular formula is C28H31BrNO6P. The first kappa shape index (κ1) is 28.6. The Labute approximate surface area is 225 Å². The third-order valence-corrected chi connectivity index (χ3v) is 8.53. The first-order valence-electron chi connectivity index (χ1n) is 12.0. The average molecular weight is 588 g/mol. The van der Waals surface area contributed by atoms with Gasteiger partial charge in [0.15, 0.2) is 0 Å². The zero-order valence-electron chi connectivity index (χ0n) is 20.6. The summed E-state index contributed by atoms with van der Waals surface area (Å²) in [5.74, 6) is -2.57. The van der Waals surface area contributed by atoms with Crippen LogP contribution in [0.5, 0.6) is 0 Å². The van der Waals surface area contributed by atoms with Crippen molar-refractivity contribution in [1.29, 1.82) is 0 Å². The van der Waals surface area contributed by atoms with E-state index in [0.29, 0.717) is 0 Å². The Balaban J connectivity index is 1.79. The van der Waals surface area contributed by atoms with Crippen LogP contribution in [0.1, 0.15) is 23.6 Å². The predicted octanol–water partition coefficient (Wildman–Crippen LogP) is 5.94. The Morgan fingerprint density at radius 1 is 0.865 bits per heavy atom. The van der Waals surface area contributed by atoms with Gasteiger partial charge >= 0.3 is 12.1 Å². The minimum Gasteiger partial charge on any atom is -0.466 e. The summed E-state index contributed by atoms with van der Waals surface area (Å²) in [6.07, 6.45) is -0.825. The number of hydrogen-bond acceptors (Lipinski definition) is 5. The van der Waals surface area contributed by atoms with E-state index in [1.54, 1.807) is 6.92 Å². The lowest BCUT2D eigenvalue weighted by molar-refractivity contribution is -0.147. The van der Waals surface area contributed by atoms with Gasteiger partial charge in [0.25, 0.3) is 0 Å². The summed E-state index contributed by atoms with van der Waals surface area (Å²) >= 11 is 3.39. The number of benzene rings is 3. The zero-order chi connectivity index (χ0) is 26.7. The van der Waals surface area contributed by atoms with Crippen LogP contribution in [0.4, 0.5) is 4.79 Å². The number of alkyl carbamates (subject to hydrolysis) is 1. The number of ether oxygens (including phenoxy) is 2. The van der Waals surface area contributed by atoms with Crippen LogP contribution < -0.4 is 5.32 Å². The number of nitrogens with one attached hydrogen (secondary N) is 1. The van der Waals surface area contributed by atoms with E-state index in [9.17, 15) is 19.0 Å². The highest BCUT2D eigenvalue weighted by molar-refractivity contribution is 9.10. The second-order valence-corrected chi connectivity index (χ2v) is 12.0. The van der Waals surface area contributed by atoms with Gasteiger partial charge in [-0.25, -0.2) is 4.79 Å². The molecule has 1 amide bonds. The number of esters is 1. The second-order valence-electron chi connectivity index (χ2n) is 8.63. The summed E-state index contributed by atoms with van der Waals surface area (Å²) in [5.41, 5.74) is 2.39. The van der Waals surface area contributed by atoms with Crippen molar-refractivity contribution in [2.45, 2.75) is 32.2 Å². The maximum absolute atomic E-state index is 13.8. The van der Waals surface area contributed by atoms with Gasteiger partial charge in [0, 0.05) is 17.1 Å². The van der Waals surface area contributed by atoms with E-state index in [4.69, 9.17) is 9.47 Å². The summed E-state index contributed by atoms with van der Waals surface area (Å²) in [6.45, 7) is 1.87. The maximum Gasteiger partial charge on any atom is 0.408 e. The molecule has 0 saturated carbocycles. The molecule has 0 fully saturated rings. The minimum atomic E-state index is -4.12. The lowest BCUT2D eigenvalue weighted by atomic mass is 10.0. The van der Waals surface area contributed by atoms with Gasteiger partial charge in [-0.15, -0.1) is 0 Å². The lowest BCUT2D eigenvalue weighted by Crippen LogP contribution is -2.38. The van der Waals surface area contributed by atoms with Gasteiger partial charge in [-0.1, -0.05) is 88.7 Å². The Kier molecular flexibility index (Phi) is 10.9. The number of carbonyl (C=O) groups is 2. The molecule has 3 atom stereocenters. The topological polar surface area (TPSA) is 102 Å². The van der Waals surface area contributed by atoms with E-state index in [0.717, 1.165) is 21.2 Å². The first-order chi connectivity index (χ1) is 17.8. The van der Waals surface area contributed by atoms with Crippen LogP contribution in [0.25, 0.3) is 0 Å². The van der Waals surface area contributed by atoms with Gasteiger partial charge in [0.05, 0.1) is 12.5 Å². The molecule has 0 heterocycles. The number of amides is 1. The Hall–Kier alpha value is -2.93. The molecule has 2 N–H and O–H groups in total. The molecule has 3 aromatic rings. The molecule has 37 heavy (non-hydrogen) atoms. The predicted molar refractivity (Wildman–Crippen MR) is 146 cm³/mol. The van der Waals surface area contributed by atoms with E-state index < -0.39 is 31.1 Å². The molecule has 0 spiro atoms. The molecule has 0 aliphatic heterocycles. The van der Waals surface area contributed by atoms with Gasteiger partial charge < -0.3 is 19.7 Å². The van der Waals surface area contributed by atoms with Crippen LogP contribution in [-0.4, -0.2) is 35.5 Å². The highest BCUT2D eigenvalue weighted by Crippen LogP contribution is 2.48. The molecular weight excluding hydrogens is 557 g/mol. The fraction of sp³-hybridized carbons (Fsp3) is 0.286. The monoisotopic (exact) mass is 587 g/mol. The van der Waals surface area contributed by atoms with Crippen molar-refractivity contribution in [2.75, 3.05) is 12.8 Å². The molecule has 2 unspecified atom stereocenters. The first-order valence-corrected chi connectivity index (χ1v) is 14.7. The Morgan fingerprint density at radius 3 is 2.03 bits per heavy atom. The molecule has 0 aromatic heterocycles. The normalized spacial score (nSPS) is 14.1. The molecule has 7 nitrogen and oxygen atoms in total. The largest absolute Gasteiger partial charge is 0.466 e. The SMILES string of the molecule is CCOC(=O)C(Cc1ccc(Br)cc1)CP(=O)(O)[C@H](Cc1ccccc1)NC(=O)OCc1ccccc1. The molecule has 9 heteroatoms. The van der Waals surface area contributed by atoms with Gasteiger partial charge in [0.1, 0.15) is 12.4 Å². The van der Waals surface area contributed by atoms with Gasteiger partial charge in [-0.2, -0.15) is 0 Å². The van der Waals surface area contributed by atoms with E-state index in [1.165, 1.54) is 0 Å². The van der Waals surface area contributed by atoms with Crippen LogP contribution in [0.3, 0.4) is 0 Å². The fourth-order valence-corrected chi connectivity index (χ4v) is 6.10. The fourth-order valence-electron chi connectivity index (χ4n) is 3.86. The smallest absolute Gasteiger partial charge is 0.408 e. The number of hydrogen-bond donors (Lipinski definition) is 2. The molecule has 0 aliphatic rings. The van der Waals surface area contributed by atoms with Crippen molar-refractivity contribution in [1.82, 2.24) is 5.32 Å². The number of halogens is 1. The van der Waals surface area contributed by atoms with Crippen LogP contribution in [0.2, 0.25) is 0 Å². The van der Waals surface area contributed by atoms with Crippen molar-refractivity contribution >= 4 is 35.4 Å². The summed E-state index contributed by atoms with van der Waals surface area (Å²) in [5, 5.41) is 2.59. The molecule has 0 saturated heterocycles. The Morgan fingerprint density at radius 2 is 1.43 bits per heavy atom. The standard InChI is InChI=1S/C28H31BrNO6P/c1-2-35-27(31)24(17-22-13-15-25(29)16-14-22)20-37(33,34)26(18-21-9-5-3-6-10-21)30-28(32)36-19-23-11-7-4-8-12-23/h3-16,24,26H,2,17-20H2,1H3,(H,30,32)(H,33,34)/t24?,26-/m1/s1. The van der Waals surface area contributed by atoms with Crippen molar-refractivity contribution in [3.63, 3.8) is 0 Å². The molecule has 196 valence electrons. The second kappa shape index (κ2) is 14.1. The average Bonchev–Trinajstić information content (AvgIpc) is 2.89. The summed E-state index contributed by atoms with van der Waals surface area (Å²) in [7, 11) is -4.12. The van der Waals surface area contributed by atoms with Crippen molar-refractivity contribution in [2.24, 2.45) is 5.92 Å². The molecule has 3 rings (SSSR count). The van der Waals surface area contributed by atoms with Crippen LogP contribution in [0, 0.1) is 5.92 Å². The van der Waals surface area contributed by atoms with E-state index in [1.807, 2.05) is 84.9 Å². The van der Waals surface area contributed by atoms with E-state index in [2.05, 4.69) is 21.2 Å². The van der Waals surface area contributed by atoms with Gasteiger partial charge in [-0.3, -0.25) is 9.36 Å². The van der Waals surface area contributed by atoms with Crippen LogP contribution in [0.15, 0.2) is 89.4 Å². The molecule has 0 bridgehead atoms. The maximum atomic E-state index is 13.8. The molecule has 3 aromatic carbocycles. The molecule has 0 aliphatic carbocycles. The van der Waals surface area contributed by atoms with E-state index >= 15 is 0 Å². The third-order valence-electron chi connectivity index (χ3n) is 5.75. The summed E-state index contributed by atoms with van der Waals surface area (Å²) in [4.78, 5) is 36.7. The zero-order valence-corrected chi connectivity index (χ0v) is 23.1. The summed E-state index contributed by atoms with van der Waals surface area (Å²) in [6, 6.07) is 25.6. The van der Waals surface area contributed by atoms with Gasteiger partial charge in [-0.05, 0) is 42.2 Å².